The highest BCUT2D eigenvalue weighted by Gasteiger charge is 2.27. The highest BCUT2D eigenvalue weighted by molar-refractivity contribution is 7.92. The fourth-order valence-electron chi connectivity index (χ4n) is 3.59. The lowest BCUT2D eigenvalue weighted by molar-refractivity contribution is -0.140. The third-order valence-corrected chi connectivity index (χ3v) is 6.93. The van der Waals surface area contributed by atoms with Gasteiger partial charge in [-0.25, -0.2) is 12.8 Å². The van der Waals surface area contributed by atoms with Gasteiger partial charge in [0.2, 0.25) is 21.8 Å². The lowest BCUT2D eigenvalue weighted by atomic mass is 10.1. The van der Waals surface area contributed by atoms with Gasteiger partial charge in [-0.1, -0.05) is 23.7 Å². The van der Waals surface area contributed by atoms with Crippen molar-refractivity contribution in [1.29, 1.82) is 0 Å². The average molecular weight is 542 g/mol. The van der Waals surface area contributed by atoms with Crippen LogP contribution < -0.4 is 14.4 Å². The Labute approximate surface area is 217 Å². The number of nitrogens with zero attached hydrogens (tertiary/aromatic N) is 2. The Balaban J connectivity index is 2.18. The molecule has 0 aliphatic rings. The standard InChI is InChI=1S/C25H33ClFN3O5S/c1-17(2)28-25(32)18(3)29(16-19-8-10-20(27)11-9-19)24(31)7-6-14-30(36(5,33)34)21-12-13-23(35-4)22(26)15-21/h8-13,15,17-18H,6-7,14,16H2,1-5H3,(H,28,32)/t18-/m0/s1. The van der Waals surface area contributed by atoms with Crippen molar-refractivity contribution in [2.45, 2.75) is 52.2 Å². The summed E-state index contributed by atoms with van der Waals surface area (Å²) in [5.74, 6) is -0.631. The molecule has 8 nitrogen and oxygen atoms in total. The molecule has 0 aliphatic carbocycles. The van der Waals surface area contributed by atoms with E-state index in [-0.39, 0.29) is 48.8 Å². The Morgan fingerprint density at radius 2 is 1.75 bits per heavy atom. The third kappa shape index (κ3) is 8.37. The summed E-state index contributed by atoms with van der Waals surface area (Å²) in [6.07, 6.45) is 1.27. The fourth-order valence-corrected chi connectivity index (χ4v) is 4.80. The second-order valence-electron chi connectivity index (χ2n) is 8.74. The molecular formula is C25H33ClFN3O5S. The maximum Gasteiger partial charge on any atom is 0.242 e. The van der Waals surface area contributed by atoms with Gasteiger partial charge >= 0.3 is 0 Å². The lowest BCUT2D eigenvalue weighted by Gasteiger charge is -2.30. The first-order chi connectivity index (χ1) is 16.8. The molecule has 1 N–H and O–H groups in total. The number of amides is 2. The van der Waals surface area contributed by atoms with Gasteiger partial charge in [-0.2, -0.15) is 0 Å². The van der Waals surface area contributed by atoms with Crippen LogP contribution in [-0.2, 0) is 26.2 Å². The van der Waals surface area contributed by atoms with Crippen molar-refractivity contribution in [2.75, 3.05) is 24.2 Å². The molecule has 2 aromatic carbocycles. The number of sulfonamides is 1. The number of benzene rings is 2. The number of methoxy groups -OCH3 is 1. The molecule has 0 aromatic heterocycles. The van der Waals surface area contributed by atoms with Crippen LogP contribution in [-0.4, -0.2) is 57.1 Å². The molecule has 11 heteroatoms. The van der Waals surface area contributed by atoms with Crippen LogP contribution in [0.15, 0.2) is 42.5 Å². The van der Waals surface area contributed by atoms with Gasteiger partial charge in [-0.3, -0.25) is 13.9 Å². The molecule has 1 atom stereocenters. The van der Waals surface area contributed by atoms with Crippen LogP contribution in [0.2, 0.25) is 5.02 Å². The van der Waals surface area contributed by atoms with Crippen molar-refractivity contribution < 1.29 is 27.1 Å². The van der Waals surface area contributed by atoms with Crippen molar-refractivity contribution in [1.82, 2.24) is 10.2 Å². The number of ether oxygens (including phenoxy) is 1. The van der Waals surface area contributed by atoms with Crippen molar-refractivity contribution in [3.63, 3.8) is 0 Å². The van der Waals surface area contributed by atoms with E-state index >= 15 is 0 Å². The van der Waals surface area contributed by atoms with Gasteiger partial charge in [0.1, 0.15) is 17.6 Å². The zero-order chi connectivity index (χ0) is 27.0. The molecule has 0 unspecified atom stereocenters. The monoisotopic (exact) mass is 541 g/mol. The quantitative estimate of drug-likeness (QED) is 0.438. The van der Waals surface area contributed by atoms with Crippen LogP contribution in [0.5, 0.6) is 5.75 Å². The van der Waals surface area contributed by atoms with Crippen LogP contribution in [0.1, 0.15) is 39.2 Å². The Morgan fingerprint density at radius 1 is 1.11 bits per heavy atom. The van der Waals surface area contributed by atoms with Gasteiger partial charge in [-0.05, 0) is 63.1 Å². The highest BCUT2D eigenvalue weighted by atomic mass is 35.5. The van der Waals surface area contributed by atoms with E-state index in [1.54, 1.807) is 31.2 Å². The van der Waals surface area contributed by atoms with Crippen LogP contribution in [0.25, 0.3) is 0 Å². The van der Waals surface area contributed by atoms with E-state index in [0.29, 0.717) is 17.0 Å². The predicted octanol–water partition coefficient (Wildman–Crippen LogP) is 3.98. The number of hydrogen-bond acceptors (Lipinski definition) is 5. The molecule has 0 bridgehead atoms. The highest BCUT2D eigenvalue weighted by Crippen LogP contribution is 2.30. The summed E-state index contributed by atoms with van der Waals surface area (Å²) in [5.41, 5.74) is 1.02. The molecule has 0 heterocycles. The van der Waals surface area contributed by atoms with E-state index < -0.39 is 21.9 Å². The Bertz CT molecular complexity index is 1160. The maximum atomic E-state index is 13.3. The number of hydrogen-bond donors (Lipinski definition) is 1. The van der Waals surface area contributed by atoms with E-state index in [0.717, 1.165) is 6.26 Å². The van der Waals surface area contributed by atoms with Gasteiger partial charge in [-0.15, -0.1) is 0 Å². The first-order valence-corrected chi connectivity index (χ1v) is 13.7. The van der Waals surface area contributed by atoms with E-state index in [1.807, 2.05) is 13.8 Å². The predicted molar refractivity (Wildman–Crippen MR) is 139 cm³/mol. The zero-order valence-corrected chi connectivity index (χ0v) is 22.7. The minimum Gasteiger partial charge on any atom is -0.495 e. The molecule has 0 saturated carbocycles. The number of nitrogens with one attached hydrogen (secondary N) is 1. The van der Waals surface area contributed by atoms with Gasteiger partial charge in [0, 0.05) is 25.6 Å². The third-order valence-electron chi connectivity index (χ3n) is 5.44. The topological polar surface area (TPSA) is 96.0 Å². The number of carbonyl (C=O) groups is 2. The number of halogens is 2. The van der Waals surface area contributed by atoms with Gasteiger partial charge in [0.15, 0.2) is 0 Å². The Morgan fingerprint density at radius 3 is 2.28 bits per heavy atom. The zero-order valence-electron chi connectivity index (χ0n) is 21.1. The SMILES string of the molecule is COc1ccc(N(CCCC(=O)N(Cc2ccc(F)cc2)[C@@H](C)C(=O)NC(C)C)S(C)(=O)=O)cc1Cl. The largest absolute Gasteiger partial charge is 0.495 e. The summed E-state index contributed by atoms with van der Waals surface area (Å²) in [4.78, 5) is 27.3. The molecular weight excluding hydrogens is 509 g/mol. The van der Waals surface area contributed by atoms with Gasteiger partial charge in [0.05, 0.1) is 24.1 Å². The van der Waals surface area contributed by atoms with Crippen LogP contribution >= 0.6 is 11.6 Å². The summed E-state index contributed by atoms with van der Waals surface area (Å²) in [6.45, 7) is 5.41. The molecule has 2 amide bonds. The summed E-state index contributed by atoms with van der Waals surface area (Å²) >= 11 is 6.17. The lowest BCUT2D eigenvalue weighted by Crippen LogP contribution is -2.49. The van der Waals surface area contributed by atoms with Crippen molar-refractivity contribution >= 4 is 39.1 Å². The van der Waals surface area contributed by atoms with Crippen LogP contribution in [0, 0.1) is 5.82 Å². The van der Waals surface area contributed by atoms with Crippen LogP contribution in [0.4, 0.5) is 10.1 Å². The fraction of sp³-hybridized carbons (Fsp3) is 0.440. The van der Waals surface area contributed by atoms with Crippen molar-refractivity contribution in [3.05, 3.63) is 58.9 Å². The second kappa shape index (κ2) is 12.9. The summed E-state index contributed by atoms with van der Waals surface area (Å²) in [7, 11) is -2.20. The Kier molecular flexibility index (Phi) is 10.5. The second-order valence-corrected chi connectivity index (χ2v) is 11.1. The summed E-state index contributed by atoms with van der Waals surface area (Å²) < 4.78 is 44.5. The number of rotatable bonds is 12. The molecule has 0 spiro atoms. The van der Waals surface area contributed by atoms with E-state index in [9.17, 15) is 22.4 Å². The molecule has 0 aliphatic heterocycles. The minimum atomic E-state index is -3.66. The van der Waals surface area contributed by atoms with E-state index in [2.05, 4.69) is 5.32 Å². The van der Waals surface area contributed by atoms with E-state index in [4.69, 9.17) is 16.3 Å². The minimum absolute atomic E-state index is 0.00357. The first kappa shape index (κ1) is 29.4. The summed E-state index contributed by atoms with van der Waals surface area (Å²) in [5, 5.41) is 3.06. The summed E-state index contributed by atoms with van der Waals surface area (Å²) in [6, 6.07) is 9.44. The molecule has 0 saturated heterocycles. The maximum absolute atomic E-state index is 13.3. The van der Waals surface area contributed by atoms with Crippen molar-refractivity contribution in [3.8, 4) is 5.75 Å². The Hall–Kier alpha value is -2.85. The average Bonchev–Trinajstić information content (AvgIpc) is 2.79. The van der Waals surface area contributed by atoms with Crippen LogP contribution in [0.3, 0.4) is 0 Å². The molecule has 2 aromatic rings. The number of anilines is 1. The van der Waals surface area contributed by atoms with Crippen molar-refractivity contribution in [2.24, 2.45) is 0 Å². The van der Waals surface area contributed by atoms with Gasteiger partial charge in [0.25, 0.3) is 0 Å². The smallest absolute Gasteiger partial charge is 0.242 e. The molecule has 198 valence electrons. The number of carbonyl (C=O) groups excluding carboxylic acids is 2. The van der Waals surface area contributed by atoms with E-state index in [1.165, 1.54) is 34.5 Å². The van der Waals surface area contributed by atoms with Gasteiger partial charge < -0.3 is 15.0 Å². The first-order valence-electron chi connectivity index (χ1n) is 11.5. The molecule has 0 fully saturated rings. The molecule has 0 radical (unpaired) electrons. The normalized spacial score (nSPS) is 12.2. The molecule has 36 heavy (non-hydrogen) atoms. The molecule has 2 rings (SSSR count).